The lowest BCUT2D eigenvalue weighted by molar-refractivity contribution is -0.0421. The Labute approximate surface area is 108 Å². The first-order valence-corrected chi connectivity index (χ1v) is 6.35. The number of hydrogen-bond acceptors (Lipinski definition) is 4. The van der Waals surface area contributed by atoms with E-state index in [0.29, 0.717) is 6.54 Å². The highest BCUT2D eigenvalue weighted by Crippen LogP contribution is 2.25. The normalized spacial score (nSPS) is 24.3. The van der Waals surface area contributed by atoms with Crippen molar-refractivity contribution in [2.75, 3.05) is 24.6 Å². The molecule has 1 aromatic rings. The molecular formula is C14H21NO3. The summed E-state index contributed by atoms with van der Waals surface area (Å²) in [7, 11) is 0. The molecule has 4 nitrogen and oxygen atoms in total. The zero-order valence-corrected chi connectivity index (χ0v) is 11.0. The number of aliphatic hydroxyl groups is 2. The number of benzene rings is 1. The van der Waals surface area contributed by atoms with Crippen LogP contribution < -0.4 is 4.90 Å². The number of aryl methyl sites for hydroxylation is 1. The number of hydrogen-bond donors (Lipinski definition) is 2. The van der Waals surface area contributed by atoms with Crippen molar-refractivity contribution in [1.29, 1.82) is 0 Å². The van der Waals surface area contributed by atoms with E-state index in [9.17, 15) is 5.11 Å². The van der Waals surface area contributed by atoms with Gasteiger partial charge in [-0.05, 0) is 31.0 Å². The van der Waals surface area contributed by atoms with Gasteiger partial charge in [0.1, 0.15) is 0 Å². The largest absolute Gasteiger partial charge is 0.394 e. The van der Waals surface area contributed by atoms with E-state index in [1.807, 2.05) is 32.0 Å². The van der Waals surface area contributed by atoms with E-state index in [2.05, 4.69) is 4.90 Å². The number of rotatable bonds is 3. The van der Waals surface area contributed by atoms with Crippen LogP contribution in [0.5, 0.6) is 0 Å². The van der Waals surface area contributed by atoms with Gasteiger partial charge in [-0.25, -0.2) is 0 Å². The van der Waals surface area contributed by atoms with Crippen molar-refractivity contribution in [3.8, 4) is 0 Å². The van der Waals surface area contributed by atoms with Crippen molar-refractivity contribution < 1.29 is 14.9 Å². The number of nitrogens with zero attached hydrogens (tertiary/aromatic N) is 1. The highest BCUT2D eigenvalue weighted by Gasteiger charge is 2.25. The predicted molar refractivity (Wildman–Crippen MR) is 70.7 cm³/mol. The van der Waals surface area contributed by atoms with Crippen LogP contribution in [-0.2, 0) is 11.3 Å². The highest BCUT2D eigenvalue weighted by molar-refractivity contribution is 5.55. The fraction of sp³-hybridized carbons (Fsp3) is 0.571. The maximum Gasteiger partial charge on any atom is 0.0984 e. The quantitative estimate of drug-likeness (QED) is 0.844. The molecule has 0 spiro atoms. The van der Waals surface area contributed by atoms with Gasteiger partial charge in [0.2, 0.25) is 0 Å². The Morgan fingerprint density at radius 3 is 2.72 bits per heavy atom. The van der Waals surface area contributed by atoms with Crippen LogP contribution in [0.1, 0.15) is 18.1 Å². The van der Waals surface area contributed by atoms with Gasteiger partial charge in [-0.2, -0.15) is 0 Å². The van der Waals surface area contributed by atoms with E-state index in [0.717, 1.165) is 23.4 Å². The SMILES string of the molecule is Cc1cc(CO)ccc1N1CC(C)OC(CO)C1. The van der Waals surface area contributed by atoms with Crippen LogP contribution >= 0.6 is 0 Å². The topological polar surface area (TPSA) is 52.9 Å². The van der Waals surface area contributed by atoms with Crippen molar-refractivity contribution in [1.82, 2.24) is 0 Å². The van der Waals surface area contributed by atoms with Crippen LogP contribution in [0.2, 0.25) is 0 Å². The first kappa shape index (κ1) is 13.3. The van der Waals surface area contributed by atoms with Crippen molar-refractivity contribution >= 4 is 5.69 Å². The van der Waals surface area contributed by atoms with Crippen LogP contribution in [-0.4, -0.2) is 42.1 Å². The van der Waals surface area contributed by atoms with Gasteiger partial charge < -0.3 is 19.8 Å². The molecule has 0 bridgehead atoms. The molecule has 1 fully saturated rings. The van der Waals surface area contributed by atoms with Crippen LogP contribution in [0.4, 0.5) is 5.69 Å². The summed E-state index contributed by atoms with van der Waals surface area (Å²) in [4.78, 5) is 2.24. The Morgan fingerprint density at radius 1 is 1.33 bits per heavy atom. The fourth-order valence-electron chi connectivity index (χ4n) is 2.51. The Hall–Kier alpha value is -1.10. The average Bonchev–Trinajstić information content (AvgIpc) is 2.37. The first-order valence-electron chi connectivity index (χ1n) is 6.35. The van der Waals surface area contributed by atoms with Gasteiger partial charge in [-0.15, -0.1) is 0 Å². The molecule has 1 aromatic carbocycles. The number of morpholine rings is 1. The number of aliphatic hydroxyl groups excluding tert-OH is 2. The summed E-state index contributed by atoms with van der Waals surface area (Å²) in [5, 5.41) is 18.4. The van der Waals surface area contributed by atoms with Gasteiger partial charge in [-0.1, -0.05) is 12.1 Å². The molecule has 0 amide bonds. The molecule has 2 unspecified atom stereocenters. The third-order valence-corrected chi connectivity index (χ3v) is 3.31. The Balaban J connectivity index is 2.19. The zero-order valence-electron chi connectivity index (χ0n) is 11.0. The molecule has 100 valence electrons. The molecule has 0 saturated carbocycles. The lowest BCUT2D eigenvalue weighted by atomic mass is 10.1. The number of ether oxygens (including phenoxy) is 1. The van der Waals surface area contributed by atoms with E-state index >= 15 is 0 Å². The molecule has 0 aliphatic carbocycles. The van der Waals surface area contributed by atoms with Crippen LogP contribution in [0, 0.1) is 6.92 Å². The second-order valence-corrected chi connectivity index (χ2v) is 4.94. The minimum absolute atomic E-state index is 0.0502. The van der Waals surface area contributed by atoms with E-state index in [1.165, 1.54) is 0 Å². The molecule has 1 aliphatic rings. The standard InChI is InChI=1S/C14H21NO3/c1-10-5-12(8-16)3-4-14(10)15-6-11(2)18-13(7-15)9-17/h3-5,11,13,16-17H,6-9H2,1-2H3. The molecule has 2 rings (SSSR count). The predicted octanol–water partition coefficient (Wildman–Crippen LogP) is 1.07. The van der Waals surface area contributed by atoms with Gasteiger partial charge in [0.15, 0.2) is 0 Å². The lowest BCUT2D eigenvalue weighted by Gasteiger charge is -2.38. The van der Waals surface area contributed by atoms with E-state index in [-0.39, 0.29) is 25.4 Å². The molecule has 0 aromatic heterocycles. The third kappa shape index (κ3) is 2.83. The van der Waals surface area contributed by atoms with Crippen LogP contribution in [0.15, 0.2) is 18.2 Å². The van der Waals surface area contributed by atoms with Gasteiger partial charge in [0.05, 0.1) is 25.4 Å². The monoisotopic (exact) mass is 251 g/mol. The summed E-state index contributed by atoms with van der Waals surface area (Å²) < 4.78 is 5.64. The van der Waals surface area contributed by atoms with Gasteiger partial charge in [0, 0.05) is 18.8 Å². The summed E-state index contributed by atoms with van der Waals surface area (Å²) >= 11 is 0. The smallest absolute Gasteiger partial charge is 0.0984 e. The summed E-state index contributed by atoms with van der Waals surface area (Å²) in [5.41, 5.74) is 3.23. The summed E-state index contributed by atoms with van der Waals surface area (Å²) in [6.07, 6.45) is -0.00140. The van der Waals surface area contributed by atoms with E-state index in [1.54, 1.807) is 0 Å². The molecule has 1 saturated heterocycles. The molecule has 1 heterocycles. The molecular weight excluding hydrogens is 230 g/mol. The van der Waals surface area contributed by atoms with Crippen molar-refractivity contribution in [2.45, 2.75) is 32.7 Å². The molecule has 4 heteroatoms. The molecule has 2 N–H and O–H groups in total. The molecule has 0 radical (unpaired) electrons. The van der Waals surface area contributed by atoms with Crippen molar-refractivity contribution in [3.05, 3.63) is 29.3 Å². The molecule has 18 heavy (non-hydrogen) atoms. The summed E-state index contributed by atoms with van der Waals surface area (Å²) in [6.45, 7) is 5.72. The molecule has 1 aliphatic heterocycles. The second-order valence-electron chi connectivity index (χ2n) is 4.94. The van der Waals surface area contributed by atoms with Gasteiger partial charge >= 0.3 is 0 Å². The van der Waals surface area contributed by atoms with E-state index in [4.69, 9.17) is 9.84 Å². The second kappa shape index (κ2) is 5.69. The average molecular weight is 251 g/mol. The van der Waals surface area contributed by atoms with Crippen molar-refractivity contribution in [2.24, 2.45) is 0 Å². The first-order chi connectivity index (χ1) is 8.63. The number of anilines is 1. The summed E-state index contributed by atoms with van der Waals surface area (Å²) in [5.74, 6) is 0. The molecule has 2 atom stereocenters. The fourth-order valence-corrected chi connectivity index (χ4v) is 2.51. The Kier molecular flexibility index (Phi) is 4.22. The highest BCUT2D eigenvalue weighted by atomic mass is 16.5. The lowest BCUT2D eigenvalue weighted by Crippen LogP contribution is -2.48. The van der Waals surface area contributed by atoms with Gasteiger partial charge in [-0.3, -0.25) is 0 Å². The maximum absolute atomic E-state index is 9.24. The Bertz CT molecular complexity index is 408. The van der Waals surface area contributed by atoms with Crippen molar-refractivity contribution in [3.63, 3.8) is 0 Å². The van der Waals surface area contributed by atoms with E-state index < -0.39 is 0 Å². The Morgan fingerprint density at radius 2 is 2.11 bits per heavy atom. The zero-order chi connectivity index (χ0) is 13.1. The third-order valence-electron chi connectivity index (χ3n) is 3.31. The minimum Gasteiger partial charge on any atom is -0.394 e. The van der Waals surface area contributed by atoms with Crippen LogP contribution in [0.25, 0.3) is 0 Å². The van der Waals surface area contributed by atoms with Crippen LogP contribution in [0.3, 0.4) is 0 Å². The maximum atomic E-state index is 9.24. The summed E-state index contributed by atoms with van der Waals surface area (Å²) in [6, 6.07) is 5.98. The minimum atomic E-state index is -0.120. The van der Waals surface area contributed by atoms with Gasteiger partial charge in [0.25, 0.3) is 0 Å².